The SMILES string of the molecule is O=c1n(CCC(F)(F)F)nc(-c2ccncc2Cl)n1-c1ccc(Cl)cc1. The highest BCUT2D eigenvalue weighted by atomic mass is 35.5. The molecule has 2 aromatic heterocycles. The zero-order valence-electron chi connectivity index (χ0n) is 13.0. The third-order valence-electron chi connectivity index (χ3n) is 3.54. The van der Waals surface area contributed by atoms with Crippen molar-refractivity contribution < 1.29 is 13.2 Å². The first-order valence-corrected chi connectivity index (χ1v) is 8.14. The monoisotopic (exact) mass is 402 g/mol. The molecule has 0 N–H and O–H groups in total. The lowest BCUT2D eigenvalue weighted by atomic mass is 10.2. The summed E-state index contributed by atoms with van der Waals surface area (Å²) in [4.78, 5) is 16.5. The summed E-state index contributed by atoms with van der Waals surface area (Å²) >= 11 is 12.0. The van der Waals surface area contributed by atoms with E-state index in [0.717, 1.165) is 4.68 Å². The summed E-state index contributed by atoms with van der Waals surface area (Å²) in [7, 11) is 0. The minimum atomic E-state index is -4.40. The summed E-state index contributed by atoms with van der Waals surface area (Å²) in [5.41, 5.74) is 0.0689. The summed E-state index contributed by atoms with van der Waals surface area (Å²) in [5, 5.41) is 4.74. The van der Waals surface area contributed by atoms with Gasteiger partial charge in [-0.3, -0.25) is 4.98 Å². The van der Waals surface area contributed by atoms with Crippen LogP contribution in [0.4, 0.5) is 13.2 Å². The van der Waals surface area contributed by atoms with E-state index in [0.29, 0.717) is 16.3 Å². The highest BCUT2D eigenvalue weighted by molar-refractivity contribution is 6.33. The number of benzene rings is 1. The Morgan fingerprint density at radius 3 is 2.38 bits per heavy atom. The van der Waals surface area contributed by atoms with Gasteiger partial charge < -0.3 is 0 Å². The summed E-state index contributed by atoms with van der Waals surface area (Å²) in [6.45, 7) is -0.599. The second kappa shape index (κ2) is 7.13. The Labute approximate surface area is 155 Å². The fourth-order valence-corrected chi connectivity index (χ4v) is 2.67. The van der Waals surface area contributed by atoms with Crippen LogP contribution in [-0.4, -0.2) is 25.5 Å². The maximum absolute atomic E-state index is 12.7. The fraction of sp³-hybridized carbons (Fsp3) is 0.188. The quantitative estimate of drug-likeness (QED) is 0.651. The maximum atomic E-state index is 12.7. The van der Waals surface area contributed by atoms with E-state index in [-0.39, 0.29) is 10.8 Å². The van der Waals surface area contributed by atoms with Gasteiger partial charge in [-0.25, -0.2) is 14.0 Å². The molecule has 0 bridgehead atoms. The molecule has 0 unspecified atom stereocenters. The van der Waals surface area contributed by atoms with E-state index in [1.807, 2.05) is 0 Å². The average Bonchev–Trinajstić information content (AvgIpc) is 2.90. The maximum Gasteiger partial charge on any atom is 0.390 e. The van der Waals surface area contributed by atoms with Crippen molar-refractivity contribution in [3.05, 3.63) is 63.3 Å². The van der Waals surface area contributed by atoms with Crippen LogP contribution in [-0.2, 0) is 6.54 Å². The highest BCUT2D eigenvalue weighted by Crippen LogP contribution is 2.27. The molecule has 2 heterocycles. The van der Waals surface area contributed by atoms with Gasteiger partial charge in [0.15, 0.2) is 5.82 Å². The molecule has 136 valence electrons. The Morgan fingerprint density at radius 1 is 1.08 bits per heavy atom. The first-order chi connectivity index (χ1) is 12.3. The summed E-state index contributed by atoms with van der Waals surface area (Å²) in [5.74, 6) is 0.117. The molecule has 0 aliphatic carbocycles. The van der Waals surface area contributed by atoms with E-state index in [4.69, 9.17) is 23.2 Å². The summed E-state index contributed by atoms with van der Waals surface area (Å²) in [6, 6.07) is 7.80. The first kappa shape index (κ1) is 18.5. The molecule has 0 saturated heterocycles. The van der Waals surface area contributed by atoms with E-state index >= 15 is 0 Å². The Hall–Kier alpha value is -2.32. The molecular weight excluding hydrogens is 392 g/mol. The smallest absolute Gasteiger partial charge is 0.263 e. The zero-order valence-corrected chi connectivity index (χ0v) is 14.6. The Kier molecular flexibility index (Phi) is 5.06. The van der Waals surface area contributed by atoms with Crippen LogP contribution in [0.1, 0.15) is 6.42 Å². The predicted molar refractivity (Wildman–Crippen MR) is 91.7 cm³/mol. The van der Waals surface area contributed by atoms with Crippen LogP contribution in [0.15, 0.2) is 47.5 Å². The van der Waals surface area contributed by atoms with Gasteiger partial charge in [0.25, 0.3) is 0 Å². The number of pyridine rings is 1. The second-order valence-corrected chi connectivity index (χ2v) is 6.21. The number of nitrogens with zero attached hydrogens (tertiary/aromatic N) is 4. The van der Waals surface area contributed by atoms with Crippen molar-refractivity contribution in [2.45, 2.75) is 19.1 Å². The van der Waals surface area contributed by atoms with E-state index in [2.05, 4.69) is 10.1 Å². The second-order valence-electron chi connectivity index (χ2n) is 5.36. The van der Waals surface area contributed by atoms with Gasteiger partial charge in [-0.1, -0.05) is 23.2 Å². The van der Waals surface area contributed by atoms with Gasteiger partial charge in [0, 0.05) is 23.0 Å². The van der Waals surface area contributed by atoms with Gasteiger partial charge in [-0.15, -0.1) is 5.10 Å². The number of aromatic nitrogens is 4. The molecule has 0 radical (unpaired) electrons. The van der Waals surface area contributed by atoms with Crippen molar-refractivity contribution in [1.29, 1.82) is 0 Å². The molecule has 26 heavy (non-hydrogen) atoms. The Bertz CT molecular complexity index is 980. The molecular formula is C16H11Cl2F3N4O. The van der Waals surface area contributed by atoms with Crippen LogP contribution in [0.3, 0.4) is 0 Å². The fourth-order valence-electron chi connectivity index (χ4n) is 2.34. The van der Waals surface area contributed by atoms with Gasteiger partial charge >= 0.3 is 11.9 Å². The third-order valence-corrected chi connectivity index (χ3v) is 4.10. The van der Waals surface area contributed by atoms with Crippen LogP contribution in [0, 0.1) is 0 Å². The van der Waals surface area contributed by atoms with Crippen LogP contribution in [0.2, 0.25) is 10.0 Å². The van der Waals surface area contributed by atoms with Crippen molar-refractivity contribution in [2.75, 3.05) is 0 Å². The largest absolute Gasteiger partial charge is 0.390 e. The van der Waals surface area contributed by atoms with Gasteiger partial charge in [0.05, 0.1) is 23.7 Å². The third kappa shape index (κ3) is 3.91. The van der Waals surface area contributed by atoms with Crippen LogP contribution in [0.5, 0.6) is 0 Å². The minimum absolute atomic E-state index is 0.117. The van der Waals surface area contributed by atoms with Gasteiger partial charge in [-0.2, -0.15) is 13.2 Å². The number of hydrogen-bond acceptors (Lipinski definition) is 3. The normalized spacial score (nSPS) is 11.7. The van der Waals surface area contributed by atoms with Crippen molar-refractivity contribution in [1.82, 2.24) is 19.3 Å². The van der Waals surface area contributed by atoms with Gasteiger partial charge in [-0.05, 0) is 30.3 Å². The zero-order chi connectivity index (χ0) is 18.9. The van der Waals surface area contributed by atoms with Crippen molar-refractivity contribution in [2.24, 2.45) is 0 Å². The first-order valence-electron chi connectivity index (χ1n) is 7.39. The van der Waals surface area contributed by atoms with E-state index in [1.54, 1.807) is 24.3 Å². The Balaban J connectivity index is 2.17. The lowest BCUT2D eigenvalue weighted by Crippen LogP contribution is -2.26. The number of alkyl halides is 3. The van der Waals surface area contributed by atoms with Gasteiger partial charge in [0.1, 0.15) is 0 Å². The molecule has 0 aliphatic rings. The molecule has 0 atom stereocenters. The molecule has 1 aromatic carbocycles. The number of halogens is 5. The molecule has 0 aliphatic heterocycles. The molecule has 0 spiro atoms. The van der Waals surface area contributed by atoms with E-state index in [1.165, 1.54) is 23.0 Å². The molecule has 0 amide bonds. The molecule has 0 fully saturated rings. The lowest BCUT2D eigenvalue weighted by molar-refractivity contribution is -0.137. The minimum Gasteiger partial charge on any atom is -0.263 e. The van der Waals surface area contributed by atoms with E-state index < -0.39 is 24.8 Å². The van der Waals surface area contributed by atoms with Crippen molar-refractivity contribution in [3.63, 3.8) is 0 Å². The van der Waals surface area contributed by atoms with Crippen LogP contribution in [0.25, 0.3) is 17.1 Å². The molecule has 0 saturated carbocycles. The topological polar surface area (TPSA) is 52.7 Å². The summed E-state index contributed by atoms with van der Waals surface area (Å²) < 4.78 is 39.6. The van der Waals surface area contributed by atoms with Crippen molar-refractivity contribution >= 4 is 23.2 Å². The number of rotatable bonds is 4. The average molecular weight is 403 g/mol. The van der Waals surface area contributed by atoms with Crippen LogP contribution < -0.4 is 5.69 Å². The Morgan fingerprint density at radius 2 is 1.77 bits per heavy atom. The molecule has 10 heteroatoms. The molecule has 3 aromatic rings. The predicted octanol–water partition coefficient (Wildman–Crippen LogP) is 4.36. The lowest BCUT2D eigenvalue weighted by Gasteiger charge is -2.06. The number of aryl methyl sites for hydroxylation is 1. The molecule has 3 rings (SSSR count). The van der Waals surface area contributed by atoms with E-state index in [9.17, 15) is 18.0 Å². The standard InChI is InChI=1S/C16H11Cl2F3N4O/c17-10-1-3-11(4-2-10)25-14(12-5-7-22-9-13(12)18)23-24(15(25)26)8-6-16(19,20)21/h1-5,7,9H,6,8H2. The van der Waals surface area contributed by atoms with Crippen molar-refractivity contribution in [3.8, 4) is 17.1 Å². The number of hydrogen-bond donors (Lipinski definition) is 0. The summed E-state index contributed by atoms with van der Waals surface area (Å²) in [6.07, 6.45) is -2.76. The van der Waals surface area contributed by atoms with Gasteiger partial charge in [0.2, 0.25) is 0 Å². The highest BCUT2D eigenvalue weighted by Gasteiger charge is 2.28. The van der Waals surface area contributed by atoms with Crippen LogP contribution >= 0.6 is 23.2 Å². The molecule has 5 nitrogen and oxygen atoms in total.